The number of benzene rings is 1. The van der Waals surface area contributed by atoms with Crippen molar-refractivity contribution in [1.29, 1.82) is 0 Å². The highest BCUT2D eigenvalue weighted by Gasteiger charge is 2.20. The van der Waals surface area contributed by atoms with Gasteiger partial charge >= 0.3 is 0 Å². The summed E-state index contributed by atoms with van der Waals surface area (Å²) in [7, 11) is 0. The molecule has 2 rings (SSSR count). The number of nitrogens with zero attached hydrogens (tertiary/aromatic N) is 2. The third-order valence-corrected chi connectivity index (χ3v) is 4.31. The number of nitrogens with one attached hydrogen (secondary N) is 1. The number of hydrogen-bond donors (Lipinski definition) is 2. The smallest absolute Gasteiger partial charge is 0.209 e. The molecule has 18 heavy (non-hydrogen) atoms. The van der Waals surface area contributed by atoms with Crippen molar-refractivity contribution < 1.29 is 0 Å². The van der Waals surface area contributed by atoms with E-state index in [0.717, 1.165) is 15.5 Å². The molecule has 1 aromatic carbocycles. The van der Waals surface area contributed by atoms with Gasteiger partial charge in [0.2, 0.25) is 5.16 Å². The van der Waals surface area contributed by atoms with E-state index in [1.807, 2.05) is 26.0 Å². The maximum Gasteiger partial charge on any atom is 0.209 e. The fraction of sp³-hybridized carbons (Fsp3) is 0.333. The molecule has 0 radical (unpaired) electrons. The molecule has 0 spiro atoms. The molecule has 0 saturated heterocycles. The van der Waals surface area contributed by atoms with Gasteiger partial charge in [-0.15, -0.1) is 5.10 Å². The molecule has 0 aliphatic rings. The molecule has 2 unspecified atom stereocenters. The fourth-order valence-corrected chi connectivity index (χ4v) is 3.08. The van der Waals surface area contributed by atoms with Crippen LogP contribution in [0.15, 0.2) is 33.9 Å². The molecule has 1 aromatic heterocycles. The van der Waals surface area contributed by atoms with Crippen LogP contribution in [0.25, 0.3) is 0 Å². The van der Waals surface area contributed by atoms with E-state index in [2.05, 4.69) is 43.2 Å². The molecule has 0 fully saturated rings. The summed E-state index contributed by atoms with van der Waals surface area (Å²) in [5, 5.41) is 7.86. The van der Waals surface area contributed by atoms with Crippen molar-refractivity contribution in [3.63, 3.8) is 0 Å². The second kappa shape index (κ2) is 5.86. The normalized spacial score (nSPS) is 14.4. The first-order valence-corrected chi connectivity index (χ1v) is 7.30. The Bertz CT molecular complexity index is 526. The van der Waals surface area contributed by atoms with E-state index in [1.165, 1.54) is 5.56 Å². The predicted octanol–water partition coefficient (Wildman–Crippen LogP) is 3.06. The summed E-state index contributed by atoms with van der Waals surface area (Å²) in [4.78, 5) is 4.31. The minimum Gasteiger partial charge on any atom is -0.327 e. The largest absolute Gasteiger partial charge is 0.327 e. The number of rotatable bonds is 4. The zero-order valence-electron chi connectivity index (χ0n) is 10.2. The molecule has 0 bridgehead atoms. The van der Waals surface area contributed by atoms with Crippen LogP contribution < -0.4 is 5.73 Å². The van der Waals surface area contributed by atoms with Crippen molar-refractivity contribution in [3.8, 4) is 0 Å². The van der Waals surface area contributed by atoms with E-state index in [-0.39, 0.29) is 11.3 Å². The summed E-state index contributed by atoms with van der Waals surface area (Å²) >= 11 is 5.06. The summed E-state index contributed by atoms with van der Waals surface area (Å²) < 4.78 is 1.05. The van der Waals surface area contributed by atoms with Gasteiger partial charge in [-0.3, -0.25) is 5.10 Å². The Morgan fingerprint density at radius 3 is 2.78 bits per heavy atom. The lowest BCUT2D eigenvalue weighted by atomic mass is 10.1. The molecule has 1 heterocycles. The van der Waals surface area contributed by atoms with Gasteiger partial charge in [0.25, 0.3) is 0 Å². The molecule has 0 aliphatic carbocycles. The highest BCUT2D eigenvalue weighted by atomic mass is 79.9. The first kappa shape index (κ1) is 13.6. The first-order valence-electron chi connectivity index (χ1n) is 5.63. The minimum absolute atomic E-state index is 0.0168. The molecular weight excluding hydrogens is 312 g/mol. The topological polar surface area (TPSA) is 67.6 Å². The average molecular weight is 327 g/mol. The number of hydrogen-bond acceptors (Lipinski definition) is 4. The molecule has 96 valence electrons. The van der Waals surface area contributed by atoms with Crippen LogP contribution >= 0.6 is 27.7 Å². The van der Waals surface area contributed by atoms with E-state index in [0.29, 0.717) is 0 Å². The number of thioether (sulfide) groups is 1. The SMILES string of the molecule is Cc1nc(SC(c2cccc(Br)c2)C(C)N)n[nH]1. The zero-order chi connectivity index (χ0) is 13.1. The van der Waals surface area contributed by atoms with Gasteiger partial charge in [-0.05, 0) is 31.5 Å². The van der Waals surface area contributed by atoms with Crippen molar-refractivity contribution in [2.75, 3.05) is 0 Å². The third kappa shape index (κ3) is 3.34. The van der Waals surface area contributed by atoms with Gasteiger partial charge in [-0.1, -0.05) is 39.8 Å². The van der Waals surface area contributed by atoms with Gasteiger partial charge < -0.3 is 5.73 Å². The van der Waals surface area contributed by atoms with Crippen LogP contribution in [0.4, 0.5) is 0 Å². The second-order valence-corrected chi connectivity index (χ2v) is 6.18. The average Bonchev–Trinajstić information content (AvgIpc) is 2.71. The molecular formula is C12H15BrN4S. The second-order valence-electron chi connectivity index (χ2n) is 4.16. The van der Waals surface area contributed by atoms with Gasteiger partial charge in [0.15, 0.2) is 0 Å². The summed E-state index contributed by atoms with van der Waals surface area (Å²) in [5.41, 5.74) is 7.24. The van der Waals surface area contributed by atoms with E-state index >= 15 is 0 Å². The van der Waals surface area contributed by atoms with Crippen LogP contribution in [0.5, 0.6) is 0 Å². The Balaban J connectivity index is 2.23. The standard InChI is InChI=1S/C12H15BrN4S/c1-7(14)11(9-4-3-5-10(13)6-9)18-12-15-8(2)16-17-12/h3-7,11H,14H2,1-2H3,(H,15,16,17). The summed E-state index contributed by atoms with van der Waals surface area (Å²) in [6, 6.07) is 8.19. The molecule has 2 aromatic rings. The first-order chi connectivity index (χ1) is 8.56. The van der Waals surface area contributed by atoms with Crippen LogP contribution in [0, 0.1) is 6.92 Å². The number of aromatic amines is 1. The summed E-state index contributed by atoms with van der Waals surface area (Å²) in [5.74, 6) is 0.815. The molecule has 2 atom stereocenters. The van der Waals surface area contributed by atoms with Gasteiger partial charge in [0.05, 0.1) is 5.25 Å². The number of aromatic nitrogens is 3. The predicted molar refractivity (Wildman–Crippen MR) is 77.5 cm³/mol. The van der Waals surface area contributed by atoms with Crippen molar-refractivity contribution in [2.24, 2.45) is 5.73 Å². The van der Waals surface area contributed by atoms with E-state index in [1.54, 1.807) is 11.8 Å². The quantitative estimate of drug-likeness (QED) is 0.847. The number of nitrogens with two attached hydrogens (primary N) is 1. The highest BCUT2D eigenvalue weighted by Crippen LogP contribution is 2.36. The minimum atomic E-state index is 0.0168. The van der Waals surface area contributed by atoms with Gasteiger partial charge in [0.1, 0.15) is 5.82 Å². The lowest BCUT2D eigenvalue weighted by molar-refractivity contribution is 0.718. The lowest BCUT2D eigenvalue weighted by Crippen LogP contribution is -2.22. The molecule has 0 amide bonds. The Labute approximate surface area is 119 Å². The van der Waals surface area contributed by atoms with Gasteiger partial charge in [0, 0.05) is 10.5 Å². The number of halogens is 1. The monoisotopic (exact) mass is 326 g/mol. The Morgan fingerprint density at radius 2 is 2.22 bits per heavy atom. The molecule has 6 heteroatoms. The van der Waals surface area contributed by atoms with Crippen LogP contribution in [0.1, 0.15) is 23.6 Å². The maximum absolute atomic E-state index is 6.07. The van der Waals surface area contributed by atoms with Crippen molar-refractivity contribution in [3.05, 3.63) is 40.1 Å². The summed E-state index contributed by atoms with van der Waals surface area (Å²) in [6.07, 6.45) is 0. The van der Waals surface area contributed by atoms with Crippen LogP contribution in [0.3, 0.4) is 0 Å². The summed E-state index contributed by atoms with van der Waals surface area (Å²) in [6.45, 7) is 3.88. The third-order valence-electron chi connectivity index (χ3n) is 2.46. The highest BCUT2D eigenvalue weighted by molar-refractivity contribution is 9.10. The molecule has 0 saturated carbocycles. The molecule has 4 nitrogen and oxygen atoms in total. The molecule has 0 aliphatic heterocycles. The van der Waals surface area contributed by atoms with E-state index in [4.69, 9.17) is 5.73 Å². The van der Waals surface area contributed by atoms with Crippen LogP contribution in [-0.2, 0) is 0 Å². The number of aryl methyl sites for hydroxylation is 1. The van der Waals surface area contributed by atoms with Crippen molar-refractivity contribution >= 4 is 27.7 Å². The number of H-pyrrole nitrogens is 1. The maximum atomic E-state index is 6.07. The van der Waals surface area contributed by atoms with Crippen molar-refractivity contribution in [2.45, 2.75) is 30.3 Å². The fourth-order valence-electron chi connectivity index (χ4n) is 1.65. The van der Waals surface area contributed by atoms with Gasteiger partial charge in [-0.25, -0.2) is 4.98 Å². The van der Waals surface area contributed by atoms with Crippen molar-refractivity contribution in [1.82, 2.24) is 15.2 Å². The van der Waals surface area contributed by atoms with E-state index < -0.39 is 0 Å². The van der Waals surface area contributed by atoms with E-state index in [9.17, 15) is 0 Å². The van der Waals surface area contributed by atoms with Gasteiger partial charge in [-0.2, -0.15) is 0 Å². The molecule has 3 N–H and O–H groups in total. The van der Waals surface area contributed by atoms with Crippen LogP contribution in [-0.4, -0.2) is 21.2 Å². The Kier molecular flexibility index (Phi) is 4.42. The Morgan fingerprint density at radius 1 is 1.44 bits per heavy atom. The zero-order valence-corrected chi connectivity index (χ0v) is 12.6. The van der Waals surface area contributed by atoms with Crippen LogP contribution in [0.2, 0.25) is 0 Å². The Hall–Kier alpha value is -0.850. The lowest BCUT2D eigenvalue weighted by Gasteiger charge is -2.19.